The fourth-order valence-electron chi connectivity index (χ4n) is 4.38. The molecule has 2 N–H and O–H groups in total. The number of benzene rings is 3. The maximum absolute atomic E-state index is 11.2. The Morgan fingerprint density at radius 1 is 0.895 bits per heavy atom. The van der Waals surface area contributed by atoms with Crippen molar-refractivity contribution in [2.24, 2.45) is 5.92 Å². The van der Waals surface area contributed by atoms with E-state index in [1.54, 1.807) is 36.4 Å². The van der Waals surface area contributed by atoms with E-state index in [-0.39, 0.29) is 16.4 Å². The molecule has 0 spiro atoms. The molecule has 0 aliphatic carbocycles. The summed E-state index contributed by atoms with van der Waals surface area (Å²) in [5, 5.41) is 20.3. The van der Waals surface area contributed by atoms with Gasteiger partial charge in [-0.3, -0.25) is 0 Å². The number of carbonyl (C=O) groups is 1. The van der Waals surface area contributed by atoms with Gasteiger partial charge in [-0.25, -0.2) is 4.79 Å². The van der Waals surface area contributed by atoms with E-state index in [4.69, 9.17) is 9.84 Å². The van der Waals surface area contributed by atoms with Crippen LogP contribution in [0.4, 0.5) is 0 Å². The SMILES string of the molecule is CC(C)COc1cc(C(O)C=Cc2ccc(C(=O)O)cc2)cc(-c2ccc(C(C)(C)C)cc2)c1C(C)(C)C. The smallest absolute Gasteiger partial charge is 0.335 e. The van der Waals surface area contributed by atoms with E-state index in [2.05, 4.69) is 85.7 Å². The third-order valence-corrected chi connectivity index (χ3v) is 6.48. The summed E-state index contributed by atoms with van der Waals surface area (Å²) >= 11 is 0. The average molecular weight is 515 g/mol. The number of rotatable bonds is 8. The van der Waals surface area contributed by atoms with Crippen LogP contribution in [0.15, 0.2) is 66.7 Å². The molecule has 0 fully saturated rings. The number of aliphatic hydroxyl groups is 1. The Morgan fingerprint density at radius 3 is 2.00 bits per heavy atom. The first kappa shape index (κ1) is 29.2. The molecule has 0 heterocycles. The fourth-order valence-corrected chi connectivity index (χ4v) is 4.38. The van der Waals surface area contributed by atoms with Gasteiger partial charge in [-0.05, 0) is 68.8 Å². The zero-order chi connectivity index (χ0) is 28.3. The number of aromatic carboxylic acids is 1. The van der Waals surface area contributed by atoms with Gasteiger partial charge < -0.3 is 14.9 Å². The average Bonchev–Trinajstić information content (AvgIpc) is 2.84. The molecule has 0 aliphatic rings. The van der Waals surface area contributed by atoms with Crippen molar-refractivity contribution in [3.05, 3.63) is 94.6 Å². The molecular formula is C34H42O4. The van der Waals surface area contributed by atoms with E-state index in [0.29, 0.717) is 12.5 Å². The quantitative estimate of drug-likeness (QED) is 0.317. The third-order valence-electron chi connectivity index (χ3n) is 6.48. The molecule has 0 aromatic heterocycles. The molecule has 0 aliphatic heterocycles. The van der Waals surface area contributed by atoms with Gasteiger partial charge in [-0.15, -0.1) is 0 Å². The Labute approximate surface area is 228 Å². The number of ether oxygens (including phenoxy) is 1. The second-order valence-corrected chi connectivity index (χ2v) is 12.5. The molecule has 0 amide bonds. The van der Waals surface area contributed by atoms with E-state index in [1.165, 1.54) is 5.56 Å². The van der Waals surface area contributed by atoms with Crippen LogP contribution in [-0.4, -0.2) is 22.8 Å². The van der Waals surface area contributed by atoms with Crippen LogP contribution in [0.3, 0.4) is 0 Å². The highest BCUT2D eigenvalue weighted by molar-refractivity contribution is 5.87. The summed E-state index contributed by atoms with van der Waals surface area (Å²) in [4.78, 5) is 11.1. The maximum atomic E-state index is 11.2. The highest BCUT2D eigenvalue weighted by atomic mass is 16.5. The lowest BCUT2D eigenvalue weighted by Gasteiger charge is -2.28. The Morgan fingerprint density at radius 2 is 1.50 bits per heavy atom. The fraction of sp³-hybridized carbons (Fsp3) is 0.382. The van der Waals surface area contributed by atoms with Crippen LogP contribution < -0.4 is 4.74 Å². The molecule has 38 heavy (non-hydrogen) atoms. The van der Waals surface area contributed by atoms with E-state index >= 15 is 0 Å². The minimum absolute atomic E-state index is 0.0580. The molecule has 4 heteroatoms. The monoisotopic (exact) mass is 514 g/mol. The molecule has 3 aromatic carbocycles. The standard InChI is InChI=1S/C34H42O4/c1-22(2)21-38-30-20-26(29(35)18-11-23-9-12-25(13-10-23)32(36)37)19-28(31(30)34(6,7)8)24-14-16-27(17-15-24)33(3,4)5/h9-20,22,29,35H,21H2,1-8H3,(H,36,37). The van der Waals surface area contributed by atoms with Gasteiger partial charge in [0.05, 0.1) is 18.3 Å². The summed E-state index contributed by atoms with van der Waals surface area (Å²) < 4.78 is 6.36. The molecule has 1 atom stereocenters. The topological polar surface area (TPSA) is 66.8 Å². The van der Waals surface area contributed by atoms with Crippen molar-refractivity contribution >= 4 is 12.0 Å². The Kier molecular flexibility index (Phi) is 8.89. The maximum Gasteiger partial charge on any atom is 0.335 e. The summed E-state index contributed by atoms with van der Waals surface area (Å²) in [6, 6.07) is 19.3. The van der Waals surface area contributed by atoms with Crippen LogP contribution >= 0.6 is 0 Å². The van der Waals surface area contributed by atoms with E-state index in [0.717, 1.165) is 33.6 Å². The number of hydrogen-bond acceptors (Lipinski definition) is 3. The number of carboxylic acid groups (broad SMARTS) is 1. The van der Waals surface area contributed by atoms with Gasteiger partial charge in [0.2, 0.25) is 0 Å². The van der Waals surface area contributed by atoms with E-state index in [9.17, 15) is 9.90 Å². The molecule has 202 valence electrons. The molecule has 3 aromatic rings. The summed E-state index contributed by atoms with van der Waals surface area (Å²) in [5.74, 6) is 0.188. The van der Waals surface area contributed by atoms with Crippen LogP contribution in [-0.2, 0) is 10.8 Å². The van der Waals surface area contributed by atoms with Gasteiger partial charge in [-0.2, -0.15) is 0 Å². The van der Waals surface area contributed by atoms with Crippen molar-refractivity contribution in [1.82, 2.24) is 0 Å². The highest BCUT2D eigenvalue weighted by Gasteiger charge is 2.26. The molecule has 0 saturated heterocycles. The second kappa shape index (κ2) is 11.6. The molecule has 0 radical (unpaired) electrons. The van der Waals surface area contributed by atoms with Crippen LogP contribution in [0.1, 0.15) is 94.1 Å². The van der Waals surface area contributed by atoms with Crippen LogP contribution in [0.2, 0.25) is 0 Å². The lowest BCUT2D eigenvalue weighted by molar-refractivity contribution is 0.0697. The van der Waals surface area contributed by atoms with Crippen molar-refractivity contribution in [3.63, 3.8) is 0 Å². The zero-order valence-electron chi connectivity index (χ0n) is 24.0. The lowest BCUT2D eigenvalue weighted by Crippen LogP contribution is -2.17. The zero-order valence-corrected chi connectivity index (χ0v) is 24.0. The van der Waals surface area contributed by atoms with Crippen LogP contribution in [0, 0.1) is 5.92 Å². The Balaban J connectivity index is 2.10. The first-order valence-electron chi connectivity index (χ1n) is 13.3. The lowest BCUT2D eigenvalue weighted by atomic mass is 9.79. The first-order chi connectivity index (χ1) is 17.7. The first-order valence-corrected chi connectivity index (χ1v) is 13.3. The number of carboxylic acids is 1. The molecular weight excluding hydrogens is 472 g/mol. The molecule has 4 nitrogen and oxygen atoms in total. The van der Waals surface area contributed by atoms with E-state index < -0.39 is 12.1 Å². The van der Waals surface area contributed by atoms with Gasteiger partial charge in [0.25, 0.3) is 0 Å². The molecule has 0 bridgehead atoms. The number of aliphatic hydroxyl groups excluding tert-OH is 1. The van der Waals surface area contributed by atoms with Crippen molar-refractivity contribution in [2.75, 3.05) is 6.61 Å². The third kappa shape index (κ3) is 7.35. The normalized spacial score (nSPS) is 13.2. The predicted octanol–water partition coefficient (Wildman–Crippen LogP) is 8.43. The Bertz CT molecular complexity index is 1270. The Hall–Kier alpha value is -3.37. The van der Waals surface area contributed by atoms with Gasteiger partial charge in [0, 0.05) is 5.56 Å². The van der Waals surface area contributed by atoms with Crippen LogP contribution in [0.5, 0.6) is 5.75 Å². The minimum atomic E-state index is -0.962. The molecule has 1 unspecified atom stereocenters. The summed E-state index contributed by atoms with van der Waals surface area (Å²) in [7, 11) is 0. The van der Waals surface area contributed by atoms with Gasteiger partial charge >= 0.3 is 5.97 Å². The van der Waals surface area contributed by atoms with Crippen molar-refractivity contribution in [1.29, 1.82) is 0 Å². The number of hydrogen-bond donors (Lipinski definition) is 2. The predicted molar refractivity (Wildman–Crippen MR) is 157 cm³/mol. The van der Waals surface area contributed by atoms with Crippen molar-refractivity contribution < 1.29 is 19.7 Å². The minimum Gasteiger partial charge on any atom is -0.493 e. The van der Waals surface area contributed by atoms with E-state index in [1.807, 2.05) is 6.07 Å². The highest BCUT2D eigenvalue weighted by Crippen LogP contribution is 2.42. The summed E-state index contributed by atoms with van der Waals surface area (Å²) in [6.45, 7) is 18.0. The van der Waals surface area contributed by atoms with Gasteiger partial charge in [0.15, 0.2) is 0 Å². The van der Waals surface area contributed by atoms with Crippen LogP contribution in [0.25, 0.3) is 17.2 Å². The van der Waals surface area contributed by atoms with Gasteiger partial charge in [-0.1, -0.05) is 104 Å². The summed E-state index contributed by atoms with van der Waals surface area (Å²) in [6.07, 6.45) is 2.67. The van der Waals surface area contributed by atoms with Crippen molar-refractivity contribution in [3.8, 4) is 16.9 Å². The van der Waals surface area contributed by atoms with Gasteiger partial charge in [0.1, 0.15) is 5.75 Å². The van der Waals surface area contributed by atoms with Crippen molar-refractivity contribution in [2.45, 2.75) is 72.3 Å². The summed E-state index contributed by atoms with van der Waals surface area (Å²) in [5.41, 5.74) is 6.17. The second-order valence-electron chi connectivity index (χ2n) is 12.5. The molecule has 3 rings (SSSR count). The largest absolute Gasteiger partial charge is 0.493 e. The molecule has 0 saturated carbocycles.